The molecule has 2 heterocycles. The molecule has 2 aliphatic rings. The number of aliphatic imine (C=N–C) groups is 1. The first-order chi connectivity index (χ1) is 22.0. The van der Waals surface area contributed by atoms with Crippen molar-refractivity contribution in [3.63, 3.8) is 0 Å². The third-order valence-corrected chi connectivity index (χ3v) is 7.89. The summed E-state index contributed by atoms with van der Waals surface area (Å²) in [5, 5.41) is 10.6. The summed E-state index contributed by atoms with van der Waals surface area (Å²) >= 11 is 0. The zero-order valence-corrected chi connectivity index (χ0v) is 27.6. The lowest BCUT2D eigenvalue weighted by molar-refractivity contribution is -0.169. The number of hydrogen-bond donors (Lipinski definition) is 1. The zero-order valence-electron chi connectivity index (χ0n) is 27.6. The molecular weight excluding hydrogens is 626 g/mol. The van der Waals surface area contributed by atoms with Gasteiger partial charge in [-0.25, -0.2) is 4.39 Å². The quantitative estimate of drug-likeness (QED) is 0.260. The number of amidine groups is 1. The first kappa shape index (κ1) is 35.9. The van der Waals surface area contributed by atoms with Crippen LogP contribution in [0.5, 0.6) is 17.2 Å². The predicted octanol–water partition coefficient (Wildman–Crippen LogP) is 5.05. The predicted molar refractivity (Wildman–Crippen MR) is 166 cm³/mol. The largest absolute Gasteiger partial charge is 0.494 e. The molecule has 0 saturated carbocycles. The van der Waals surface area contributed by atoms with E-state index >= 15 is 4.39 Å². The highest BCUT2D eigenvalue weighted by molar-refractivity contribution is 6.11. The Hall–Kier alpha value is -3.91. The molecule has 1 saturated heterocycles. The van der Waals surface area contributed by atoms with Crippen molar-refractivity contribution in [1.29, 1.82) is 0 Å². The van der Waals surface area contributed by atoms with Crippen LogP contribution >= 0.6 is 0 Å². The molecule has 0 aromatic heterocycles. The van der Waals surface area contributed by atoms with Crippen LogP contribution in [0.3, 0.4) is 0 Å². The highest BCUT2D eigenvalue weighted by atomic mass is 19.4. The Bertz CT molecular complexity index is 1540. The Morgan fingerprint density at radius 3 is 2.26 bits per heavy atom. The molecule has 0 bridgehead atoms. The second-order valence-corrected chi connectivity index (χ2v) is 12.2. The van der Waals surface area contributed by atoms with E-state index in [4.69, 9.17) is 18.9 Å². The molecule has 2 aromatic rings. The molecule has 4 rings (SSSR count). The number of rotatable bonds is 11. The SMILES string of the molecule is CCOc1cc2c(c(F)c1OCC)/C(=N/C(=O)C(F)(F)F)N(CC(=O)c1cc(N3C[C@H](OCC)[C@@H](O)C3)c(OC)c(C(C)(C)C)c1)C2. The summed E-state index contributed by atoms with van der Waals surface area (Å²) in [6, 6.07) is 4.67. The van der Waals surface area contributed by atoms with Crippen molar-refractivity contribution in [3.05, 3.63) is 46.3 Å². The summed E-state index contributed by atoms with van der Waals surface area (Å²) in [7, 11) is 1.51. The average Bonchev–Trinajstić information content (AvgIpc) is 3.52. The van der Waals surface area contributed by atoms with Crippen molar-refractivity contribution in [2.75, 3.05) is 51.5 Å². The van der Waals surface area contributed by atoms with Gasteiger partial charge in [-0.1, -0.05) is 20.8 Å². The molecule has 2 aromatic carbocycles. The first-order valence-electron chi connectivity index (χ1n) is 15.4. The summed E-state index contributed by atoms with van der Waals surface area (Å²) in [5.74, 6) is -4.45. The number of hydrogen-bond acceptors (Lipinski definition) is 8. The molecule has 0 spiro atoms. The van der Waals surface area contributed by atoms with Gasteiger partial charge in [0.25, 0.3) is 0 Å². The number of aliphatic hydroxyl groups excluding tert-OH is 1. The third kappa shape index (κ3) is 7.48. The second kappa shape index (κ2) is 14.1. The molecule has 2 atom stereocenters. The first-order valence-corrected chi connectivity index (χ1v) is 15.4. The van der Waals surface area contributed by atoms with Gasteiger partial charge in [0.2, 0.25) is 0 Å². The maximum atomic E-state index is 15.9. The van der Waals surface area contributed by atoms with Gasteiger partial charge in [0.05, 0.1) is 44.2 Å². The smallest absolute Gasteiger partial charge is 0.473 e. The second-order valence-electron chi connectivity index (χ2n) is 12.2. The zero-order chi connectivity index (χ0) is 34.8. The van der Waals surface area contributed by atoms with Crippen LogP contribution < -0.4 is 19.1 Å². The minimum atomic E-state index is -5.33. The van der Waals surface area contributed by atoms with Crippen LogP contribution in [0.15, 0.2) is 23.2 Å². The Morgan fingerprint density at radius 2 is 1.68 bits per heavy atom. The molecule has 1 fully saturated rings. The number of anilines is 1. The van der Waals surface area contributed by atoms with E-state index in [0.717, 1.165) is 4.90 Å². The number of methoxy groups -OCH3 is 1. The van der Waals surface area contributed by atoms with Crippen LogP contribution in [0.1, 0.15) is 68.6 Å². The van der Waals surface area contributed by atoms with E-state index in [1.54, 1.807) is 26.0 Å². The standard InChI is InChI=1S/C33H41F4N3O7/c1-8-45-24-13-19-14-40(30(38-31(43)33(35,36)37)26(19)27(34)29(24)47-10-3)15-22(41)18-11-20(32(4,5)6)28(44-7)21(12-18)39-16-23(42)25(17-39)46-9-2/h11-13,23,25,42H,8-10,14-17H2,1-7H3/b38-30-/t23-,25-/m0/s1. The van der Waals surface area contributed by atoms with E-state index in [2.05, 4.69) is 4.99 Å². The van der Waals surface area contributed by atoms with Gasteiger partial charge in [-0.05, 0) is 49.9 Å². The van der Waals surface area contributed by atoms with Gasteiger partial charge in [-0.2, -0.15) is 18.2 Å². The van der Waals surface area contributed by atoms with E-state index in [1.807, 2.05) is 32.6 Å². The van der Waals surface area contributed by atoms with Crippen molar-refractivity contribution < 1.29 is 51.2 Å². The van der Waals surface area contributed by atoms with Crippen molar-refractivity contribution in [2.45, 2.75) is 71.9 Å². The van der Waals surface area contributed by atoms with Gasteiger partial charge in [-0.15, -0.1) is 0 Å². The number of halogens is 4. The molecule has 0 aliphatic carbocycles. The third-order valence-electron chi connectivity index (χ3n) is 7.89. The van der Waals surface area contributed by atoms with Gasteiger partial charge in [0, 0.05) is 37.4 Å². The summed E-state index contributed by atoms with van der Waals surface area (Å²) in [4.78, 5) is 32.4. The van der Waals surface area contributed by atoms with E-state index in [1.165, 1.54) is 13.2 Å². The molecule has 0 unspecified atom stereocenters. The van der Waals surface area contributed by atoms with Gasteiger partial charge >= 0.3 is 12.1 Å². The monoisotopic (exact) mass is 667 g/mol. The minimum absolute atomic E-state index is 0.0290. The Kier molecular flexibility index (Phi) is 10.8. The van der Waals surface area contributed by atoms with Gasteiger partial charge in [0.15, 0.2) is 23.1 Å². The Morgan fingerprint density at radius 1 is 1.00 bits per heavy atom. The highest BCUT2D eigenvalue weighted by Gasteiger charge is 2.42. The fourth-order valence-corrected chi connectivity index (χ4v) is 5.80. The minimum Gasteiger partial charge on any atom is -0.494 e. The molecule has 1 N–H and O–H groups in total. The van der Waals surface area contributed by atoms with E-state index in [9.17, 15) is 27.9 Å². The number of alkyl halides is 3. The number of fused-ring (bicyclic) bond motifs is 1. The van der Waals surface area contributed by atoms with Crippen LogP contribution in [0.2, 0.25) is 0 Å². The average molecular weight is 668 g/mol. The van der Waals surface area contributed by atoms with Crippen LogP contribution in [0.25, 0.3) is 0 Å². The number of nitrogens with zero attached hydrogens (tertiary/aromatic N) is 3. The molecule has 0 radical (unpaired) electrons. The number of β-amino-alcohol motifs (C(OH)–C–C–N with tert-alkyl or cyclic N) is 1. The number of carbonyl (C=O) groups is 2. The molecule has 2 aliphatic heterocycles. The lowest BCUT2D eigenvalue weighted by Crippen LogP contribution is -2.34. The van der Waals surface area contributed by atoms with Crippen LogP contribution in [-0.4, -0.2) is 92.5 Å². The Balaban J connectivity index is 1.80. The lowest BCUT2D eigenvalue weighted by atomic mass is 9.84. The van der Waals surface area contributed by atoms with Crippen LogP contribution in [-0.2, 0) is 21.5 Å². The van der Waals surface area contributed by atoms with E-state index < -0.39 is 53.7 Å². The number of ether oxygens (including phenoxy) is 4. The number of amides is 1. The van der Waals surface area contributed by atoms with Gasteiger partial charge < -0.3 is 33.9 Å². The molecule has 14 heteroatoms. The summed E-state index contributed by atoms with van der Waals surface area (Å²) < 4.78 is 78.6. The van der Waals surface area contributed by atoms with E-state index in [-0.39, 0.29) is 54.5 Å². The number of aliphatic hydroxyl groups is 1. The molecule has 258 valence electrons. The fourth-order valence-electron chi connectivity index (χ4n) is 5.80. The van der Waals surface area contributed by atoms with Crippen LogP contribution in [0, 0.1) is 5.82 Å². The van der Waals surface area contributed by atoms with Crippen molar-refractivity contribution in [3.8, 4) is 17.2 Å². The topological polar surface area (TPSA) is 110 Å². The molecule has 47 heavy (non-hydrogen) atoms. The number of Topliss-reactive ketones (excluding diaryl/α,β-unsaturated/α-hetero) is 1. The normalized spacial score (nSPS) is 18.9. The maximum absolute atomic E-state index is 15.9. The summed E-state index contributed by atoms with van der Waals surface area (Å²) in [6.45, 7) is 11.3. The maximum Gasteiger partial charge on any atom is 0.473 e. The molecule has 1 amide bonds. The molecular formula is C33H41F4N3O7. The molecule has 10 nitrogen and oxygen atoms in total. The number of benzene rings is 2. The fraction of sp³-hybridized carbons (Fsp3) is 0.545. The lowest BCUT2D eigenvalue weighted by Gasteiger charge is -2.29. The highest BCUT2D eigenvalue weighted by Crippen LogP contribution is 2.43. The number of carbonyl (C=O) groups excluding carboxylic acids is 2. The van der Waals surface area contributed by atoms with Crippen molar-refractivity contribution in [2.24, 2.45) is 4.99 Å². The Labute approximate surface area is 271 Å². The summed E-state index contributed by atoms with van der Waals surface area (Å²) in [5.41, 5.74) is 0.691. The van der Waals surface area contributed by atoms with Crippen molar-refractivity contribution >= 4 is 23.2 Å². The summed E-state index contributed by atoms with van der Waals surface area (Å²) in [6.07, 6.45) is -6.58. The number of ketones is 1. The van der Waals surface area contributed by atoms with E-state index in [0.29, 0.717) is 30.2 Å². The van der Waals surface area contributed by atoms with Crippen molar-refractivity contribution in [1.82, 2.24) is 4.90 Å². The van der Waals surface area contributed by atoms with Gasteiger partial charge in [-0.3, -0.25) is 9.59 Å². The van der Waals surface area contributed by atoms with Crippen LogP contribution in [0.4, 0.5) is 23.2 Å². The van der Waals surface area contributed by atoms with Gasteiger partial charge in [0.1, 0.15) is 17.7 Å².